The molecule has 1 heterocycles. The largest absolute Gasteiger partial charge is 0.495 e. The van der Waals surface area contributed by atoms with Crippen molar-refractivity contribution in [2.24, 2.45) is 0 Å². The fourth-order valence-electron chi connectivity index (χ4n) is 3.30. The number of amides is 1. The number of methoxy groups -OCH3 is 1. The first-order chi connectivity index (χ1) is 13.8. The minimum absolute atomic E-state index is 0.0838. The third kappa shape index (κ3) is 4.86. The van der Waals surface area contributed by atoms with Crippen LogP contribution in [0.25, 0.3) is 0 Å². The molecule has 1 aliphatic heterocycles. The van der Waals surface area contributed by atoms with Crippen LogP contribution in [0.5, 0.6) is 5.75 Å². The van der Waals surface area contributed by atoms with Gasteiger partial charge in [-0.2, -0.15) is 4.72 Å². The number of nitrogens with one attached hydrogen (secondary N) is 1. The van der Waals surface area contributed by atoms with Crippen LogP contribution in [-0.2, 0) is 14.8 Å². The second-order valence-electron chi connectivity index (χ2n) is 6.78. The van der Waals surface area contributed by atoms with E-state index in [9.17, 15) is 17.6 Å². The fraction of sp³-hybridized carbons (Fsp3) is 0.350. The van der Waals surface area contributed by atoms with Crippen LogP contribution in [-0.4, -0.2) is 58.6 Å². The first-order valence-corrected chi connectivity index (χ1v) is 10.7. The lowest BCUT2D eigenvalue weighted by molar-refractivity contribution is -0.132. The molecule has 156 valence electrons. The number of carbonyl (C=O) groups excluding carboxylic acids is 1. The van der Waals surface area contributed by atoms with Crippen molar-refractivity contribution in [3.8, 4) is 5.75 Å². The van der Waals surface area contributed by atoms with E-state index in [4.69, 9.17) is 4.74 Å². The second-order valence-corrected chi connectivity index (χ2v) is 8.50. The van der Waals surface area contributed by atoms with Gasteiger partial charge in [-0.25, -0.2) is 12.8 Å². The van der Waals surface area contributed by atoms with E-state index in [1.807, 2.05) is 24.3 Å². The maximum Gasteiger partial charge on any atom is 0.241 e. The summed E-state index contributed by atoms with van der Waals surface area (Å²) in [5.41, 5.74) is 0.965. The molecule has 0 aliphatic carbocycles. The van der Waals surface area contributed by atoms with Gasteiger partial charge in [0.15, 0.2) is 0 Å². The molecule has 2 aromatic rings. The number of nitrogens with zero attached hydrogens (tertiary/aromatic N) is 2. The Morgan fingerprint density at radius 2 is 1.69 bits per heavy atom. The third-order valence-corrected chi connectivity index (χ3v) is 6.40. The topological polar surface area (TPSA) is 79.0 Å². The van der Waals surface area contributed by atoms with Gasteiger partial charge in [-0.1, -0.05) is 12.1 Å². The summed E-state index contributed by atoms with van der Waals surface area (Å²) < 4.78 is 45.6. The summed E-state index contributed by atoms with van der Waals surface area (Å²) in [5.74, 6) is -0.0518. The standard InChI is InChI=1S/C20H24FN3O4S/c1-15(22-29(26,27)17-9-7-16(21)8-10-17)20(25)24-13-11-23(12-14-24)18-5-3-4-6-19(18)28-2/h3-10,15,22H,11-14H2,1-2H3/t15-/m1/s1. The Kier molecular flexibility index (Phi) is 6.39. The summed E-state index contributed by atoms with van der Waals surface area (Å²) in [4.78, 5) is 16.4. The molecule has 1 N–H and O–H groups in total. The number of ether oxygens (including phenoxy) is 1. The quantitative estimate of drug-likeness (QED) is 0.770. The van der Waals surface area contributed by atoms with Crippen molar-refractivity contribution in [3.05, 3.63) is 54.3 Å². The number of piperazine rings is 1. The predicted molar refractivity (Wildman–Crippen MR) is 108 cm³/mol. The number of anilines is 1. The number of halogens is 1. The smallest absolute Gasteiger partial charge is 0.241 e. The van der Waals surface area contributed by atoms with Crippen LogP contribution in [0.15, 0.2) is 53.4 Å². The molecule has 0 spiro atoms. The normalized spacial score (nSPS) is 15.8. The molecule has 1 atom stereocenters. The van der Waals surface area contributed by atoms with Gasteiger partial charge in [-0.3, -0.25) is 4.79 Å². The van der Waals surface area contributed by atoms with Crippen molar-refractivity contribution in [1.82, 2.24) is 9.62 Å². The fourth-order valence-corrected chi connectivity index (χ4v) is 4.49. The van der Waals surface area contributed by atoms with E-state index in [0.29, 0.717) is 26.2 Å². The van der Waals surface area contributed by atoms with E-state index in [0.717, 1.165) is 23.6 Å². The van der Waals surface area contributed by atoms with Crippen molar-refractivity contribution in [1.29, 1.82) is 0 Å². The zero-order chi connectivity index (χ0) is 21.0. The van der Waals surface area contributed by atoms with Gasteiger partial charge in [0.25, 0.3) is 0 Å². The van der Waals surface area contributed by atoms with Gasteiger partial charge in [-0.05, 0) is 43.3 Å². The van der Waals surface area contributed by atoms with Crippen molar-refractivity contribution in [2.45, 2.75) is 17.9 Å². The van der Waals surface area contributed by atoms with Crippen LogP contribution in [0.3, 0.4) is 0 Å². The highest BCUT2D eigenvalue weighted by Crippen LogP contribution is 2.28. The summed E-state index contributed by atoms with van der Waals surface area (Å²) in [5, 5.41) is 0. The van der Waals surface area contributed by atoms with Crippen LogP contribution >= 0.6 is 0 Å². The van der Waals surface area contributed by atoms with Gasteiger partial charge < -0.3 is 14.5 Å². The van der Waals surface area contributed by atoms with Gasteiger partial charge in [-0.15, -0.1) is 0 Å². The molecule has 9 heteroatoms. The highest BCUT2D eigenvalue weighted by molar-refractivity contribution is 7.89. The molecule has 1 amide bonds. The lowest BCUT2D eigenvalue weighted by Gasteiger charge is -2.37. The van der Waals surface area contributed by atoms with Gasteiger partial charge in [0, 0.05) is 26.2 Å². The summed E-state index contributed by atoms with van der Waals surface area (Å²) in [6.07, 6.45) is 0. The Morgan fingerprint density at radius 3 is 2.31 bits per heavy atom. The maximum atomic E-state index is 13.0. The number of carbonyl (C=O) groups is 1. The Hall–Kier alpha value is -2.65. The zero-order valence-electron chi connectivity index (χ0n) is 16.3. The number of rotatable bonds is 6. The first-order valence-electron chi connectivity index (χ1n) is 9.26. The van der Waals surface area contributed by atoms with Crippen LogP contribution in [0.2, 0.25) is 0 Å². The molecule has 1 aliphatic rings. The minimum atomic E-state index is -3.91. The molecule has 7 nitrogen and oxygen atoms in total. The summed E-state index contributed by atoms with van der Waals surface area (Å²) in [7, 11) is -2.30. The summed E-state index contributed by atoms with van der Waals surface area (Å²) in [6.45, 7) is 3.68. The van der Waals surface area contributed by atoms with Crippen molar-refractivity contribution >= 4 is 21.6 Å². The van der Waals surface area contributed by atoms with E-state index >= 15 is 0 Å². The predicted octanol–water partition coefficient (Wildman–Crippen LogP) is 1.85. The van der Waals surface area contributed by atoms with Crippen LogP contribution in [0, 0.1) is 5.82 Å². The summed E-state index contributed by atoms with van der Waals surface area (Å²) >= 11 is 0. The Balaban J connectivity index is 1.60. The van der Waals surface area contributed by atoms with Crippen molar-refractivity contribution in [3.63, 3.8) is 0 Å². The lowest BCUT2D eigenvalue weighted by Crippen LogP contribution is -2.54. The molecule has 1 fully saturated rings. The highest BCUT2D eigenvalue weighted by Gasteiger charge is 2.29. The molecule has 0 radical (unpaired) electrons. The number of hydrogen-bond acceptors (Lipinski definition) is 5. The van der Waals surface area contributed by atoms with Crippen LogP contribution < -0.4 is 14.4 Å². The van der Waals surface area contributed by atoms with Gasteiger partial charge in [0.1, 0.15) is 11.6 Å². The maximum absolute atomic E-state index is 13.0. The SMILES string of the molecule is COc1ccccc1N1CCN(C(=O)[C@@H](C)NS(=O)(=O)c2ccc(F)cc2)CC1. The molecular weight excluding hydrogens is 397 g/mol. The van der Waals surface area contributed by atoms with Crippen LogP contribution in [0.1, 0.15) is 6.92 Å². The molecule has 0 saturated carbocycles. The van der Waals surface area contributed by atoms with Crippen LogP contribution in [0.4, 0.5) is 10.1 Å². The average Bonchev–Trinajstić information content (AvgIpc) is 2.73. The molecule has 0 aromatic heterocycles. The Morgan fingerprint density at radius 1 is 1.07 bits per heavy atom. The number of sulfonamides is 1. The van der Waals surface area contributed by atoms with Gasteiger partial charge in [0.2, 0.25) is 15.9 Å². The number of benzene rings is 2. The van der Waals surface area contributed by atoms with E-state index in [1.54, 1.807) is 12.0 Å². The number of hydrogen-bond donors (Lipinski definition) is 1. The van der Waals surface area contributed by atoms with Gasteiger partial charge >= 0.3 is 0 Å². The highest BCUT2D eigenvalue weighted by atomic mass is 32.2. The molecule has 2 aromatic carbocycles. The first kappa shape index (κ1) is 21.1. The van der Waals surface area contributed by atoms with Gasteiger partial charge in [0.05, 0.1) is 23.7 Å². The minimum Gasteiger partial charge on any atom is -0.495 e. The van der Waals surface area contributed by atoms with Crippen molar-refractivity contribution in [2.75, 3.05) is 38.2 Å². The molecule has 0 bridgehead atoms. The second kappa shape index (κ2) is 8.79. The Labute approximate surface area is 170 Å². The van der Waals surface area contributed by atoms with Crippen molar-refractivity contribution < 1.29 is 22.3 Å². The zero-order valence-corrected chi connectivity index (χ0v) is 17.2. The average molecular weight is 421 g/mol. The molecule has 1 saturated heterocycles. The number of para-hydroxylation sites is 2. The van der Waals surface area contributed by atoms with E-state index in [2.05, 4.69) is 9.62 Å². The molecule has 0 unspecified atom stereocenters. The van der Waals surface area contributed by atoms with E-state index in [-0.39, 0.29) is 10.8 Å². The lowest BCUT2D eigenvalue weighted by atomic mass is 10.2. The molecule has 29 heavy (non-hydrogen) atoms. The summed E-state index contributed by atoms with van der Waals surface area (Å²) in [6, 6.07) is 11.2. The third-order valence-electron chi connectivity index (χ3n) is 4.84. The van der Waals surface area contributed by atoms with E-state index in [1.165, 1.54) is 19.1 Å². The monoisotopic (exact) mass is 421 g/mol. The van der Waals surface area contributed by atoms with E-state index < -0.39 is 21.9 Å². The molecular formula is C20H24FN3O4S. The Bertz CT molecular complexity index is 958. The molecule has 3 rings (SSSR count).